The lowest BCUT2D eigenvalue weighted by Crippen LogP contribution is -2.16. The molecule has 0 bridgehead atoms. The molecule has 0 unspecified atom stereocenters. The van der Waals surface area contributed by atoms with E-state index in [-0.39, 0.29) is 23.1 Å². The molecule has 0 atom stereocenters. The van der Waals surface area contributed by atoms with Crippen molar-refractivity contribution in [1.29, 1.82) is 0 Å². The van der Waals surface area contributed by atoms with Gasteiger partial charge in [0.15, 0.2) is 5.82 Å². The number of benzene rings is 1. The fourth-order valence-corrected chi connectivity index (χ4v) is 2.78. The Kier molecular flexibility index (Phi) is 5.30. The molecule has 9 nitrogen and oxygen atoms in total. The third-order valence-electron chi connectivity index (χ3n) is 4.27. The molecule has 0 saturated heterocycles. The van der Waals surface area contributed by atoms with Crippen LogP contribution in [-0.2, 0) is 7.05 Å². The SMILES string of the molecule is Cn1nc(-c2cc(C(F)F)nn2-c2ccc(NC(=O)c3c(F)cccc3F)cn2)oc1=O. The minimum absolute atomic E-state index is 0.0234. The summed E-state index contributed by atoms with van der Waals surface area (Å²) in [5.74, 6) is -4.15. The molecule has 0 radical (unpaired) electrons. The number of amides is 1. The number of nitrogens with one attached hydrogen (secondary N) is 1. The Balaban J connectivity index is 1.66. The van der Waals surface area contributed by atoms with E-state index < -0.39 is 41.0 Å². The quantitative estimate of drug-likeness (QED) is 0.470. The average molecular weight is 448 g/mol. The van der Waals surface area contributed by atoms with E-state index in [0.29, 0.717) is 0 Å². The van der Waals surface area contributed by atoms with Crippen molar-refractivity contribution in [3.63, 3.8) is 0 Å². The van der Waals surface area contributed by atoms with Crippen molar-refractivity contribution < 1.29 is 26.8 Å². The molecular weight excluding hydrogens is 436 g/mol. The molecule has 0 aliphatic rings. The maximum atomic E-state index is 13.8. The second kappa shape index (κ2) is 8.09. The van der Waals surface area contributed by atoms with Gasteiger partial charge in [-0.15, -0.1) is 5.10 Å². The van der Waals surface area contributed by atoms with Gasteiger partial charge in [0.05, 0.1) is 11.9 Å². The van der Waals surface area contributed by atoms with Gasteiger partial charge < -0.3 is 9.73 Å². The number of pyridine rings is 1. The summed E-state index contributed by atoms with van der Waals surface area (Å²) in [6.07, 6.45) is -1.78. The average Bonchev–Trinajstić information content (AvgIpc) is 3.32. The van der Waals surface area contributed by atoms with Crippen LogP contribution >= 0.6 is 0 Å². The van der Waals surface area contributed by atoms with Crippen molar-refractivity contribution in [2.45, 2.75) is 6.43 Å². The Morgan fingerprint density at radius 3 is 2.41 bits per heavy atom. The van der Waals surface area contributed by atoms with Gasteiger partial charge in [0.25, 0.3) is 18.2 Å². The number of aryl methyl sites for hydroxylation is 1. The second-order valence-electron chi connectivity index (χ2n) is 6.42. The van der Waals surface area contributed by atoms with Gasteiger partial charge in [-0.2, -0.15) is 9.78 Å². The number of anilines is 1. The maximum Gasteiger partial charge on any atom is 0.437 e. The summed E-state index contributed by atoms with van der Waals surface area (Å²) in [6.45, 7) is 0. The first kappa shape index (κ1) is 21.0. The van der Waals surface area contributed by atoms with Gasteiger partial charge in [-0.3, -0.25) is 4.79 Å². The fraction of sp³-hybridized carbons (Fsp3) is 0.105. The van der Waals surface area contributed by atoms with Gasteiger partial charge in [0.1, 0.15) is 28.6 Å². The van der Waals surface area contributed by atoms with Gasteiger partial charge in [0.2, 0.25) is 0 Å². The van der Waals surface area contributed by atoms with Gasteiger partial charge in [0, 0.05) is 7.05 Å². The van der Waals surface area contributed by atoms with E-state index in [9.17, 15) is 27.2 Å². The van der Waals surface area contributed by atoms with Crippen LogP contribution in [0.1, 0.15) is 22.5 Å². The number of rotatable bonds is 5. The zero-order chi connectivity index (χ0) is 23.0. The number of hydrogen-bond donors (Lipinski definition) is 1. The summed E-state index contributed by atoms with van der Waals surface area (Å²) in [4.78, 5) is 27.8. The second-order valence-corrected chi connectivity index (χ2v) is 6.42. The summed E-state index contributed by atoms with van der Waals surface area (Å²) in [7, 11) is 1.32. The van der Waals surface area contributed by atoms with Crippen LogP contribution in [0, 0.1) is 11.6 Å². The summed E-state index contributed by atoms with van der Waals surface area (Å²) in [6, 6.07) is 6.62. The highest BCUT2D eigenvalue weighted by molar-refractivity contribution is 6.04. The number of nitrogens with zero attached hydrogens (tertiary/aromatic N) is 5. The van der Waals surface area contributed by atoms with E-state index in [2.05, 4.69) is 20.5 Å². The first-order chi connectivity index (χ1) is 15.2. The lowest BCUT2D eigenvalue weighted by molar-refractivity contribution is 0.101. The monoisotopic (exact) mass is 448 g/mol. The number of carbonyl (C=O) groups is 1. The Morgan fingerprint density at radius 2 is 1.84 bits per heavy atom. The van der Waals surface area contributed by atoms with Gasteiger partial charge >= 0.3 is 5.76 Å². The fourth-order valence-electron chi connectivity index (χ4n) is 2.78. The number of halogens is 4. The van der Waals surface area contributed by atoms with E-state index >= 15 is 0 Å². The van der Waals surface area contributed by atoms with Gasteiger partial charge in [-0.1, -0.05) is 6.07 Å². The molecule has 3 aromatic heterocycles. The van der Waals surface area contributed by atoms with Crippen LogP contribution in [0.5, 0.6) is 0 Å². The van der Waals surface area contributed by atoms with Crippen molar-refractivity contribution in [3.8, 4) is 17.4 Å². The summed E-state index contributed by atoms with van der Waals surface area (Å²) < 4.78 is 60.7. The minimum atomic E-state index is -2.92. The van der Waals surface area contributed by atoms with Crippen molar-refractivity contribution in [2.75, 3.05) is 5.32 Å². The van der Waals surface area contributed by atoms with Crippen LogP contribution in [0.15, 0.2) is 51.8 Å². The first-order valence-electron chi connectivity index (χ1n) is 8.89. The van der Waals surface area contributed by atoms with Crippen LogP contribution in [0.25, 0.3) is 17.4 Å². The van der Waals surface area contributed by atoms with E-state index in [1.807, 2.05) is 0 Å². The van der Waals surface area contributed by atoms with Crippen molar-refractivity contribution in [2.24, 2.45) is 7.05 Å². The molecule has 1 amide bonds. The van der Waals surface area contributed by atoms with Crippen LogP contribution in [0.2, 0.25) is 0 Å². The van der Waals surface area contributed by atoms with Crippen LogP contribution < -0.4 is 11.1 Å². The number of aromatic nitrogens is 5. The smallest absolute Gasteiger partial charge is 0.386 e. The molecule has 4 aromatic rings. The van der Waals surface area contributed by atoms with Crippen molar-refractivity contribution >= 4 is 11.6 Å². The molecule has 3 heterocycles. The molecule has 0 aliphatic heterocycles. The Hall–Kier alpha value is -4.29. The third kappa shape index (κ3) is 3.87. The molecule has 32 heavy (non-hydrogen) atoms. The normalized spacial score (nSPS) is 11.2. The predicted molar refractivity (Wildman–Crippen MR) is 101 cm³/mol. The van der Waals surface area contributed by atoms with Crippen LogP contribution in [-0.4, -0.2) is 30.5 Å². The number of carbonyl (C=O) groups excluding carboxylic acids is 1. The van der Waals surface area contributed by atoms with E-state index in [1.165, 1.54) is 19.2 Å². The topological polar surface area (TPSA) is 108 Å². The lowest BCUT2D eigenvalue weighted by Gasteiger charge is -2.08. The highest BCUT2D eigenvalue weighted by atomic mass is 19.3. The van der Waals surface area contributed by atoms with Gasteiger partial charge in [-0.05, 0) is 30.3 Å². The highest BCUT2D eigenvalue weighted by Crippen LogP contribution is 2.26. The van der Waals surface area contributed by atoms with Crippen molar-refractivity contribution in [1.82, 2.24) is 24.5 Å². The molecule has 4 rings (SSSR count). The number of hydrogen-bond acceptors (Lipinski definition) is 6. The standard InChI is InChI=1S/C19H12F4N6O3/c1-28-19(31)32-18(27-28)13-7-12(16(22)23)26-29(13)14-6-5-9(8-24-14)25-17(30)15-10(20)3-2-4-11(15)21/h2-8,16H,1H3,(H,25,30). The summed E-state index contributed by atoms with van der Waals surface area (Å²) in [5.41, 5.74) is -1.36. The molecular formula is C19H12F4N6O3. The Bertz CT molecular complexity index is 1340. The maximum absolute atomic E-state index is 13.8. The summed E-state index contributed by atoms with van der Waals surface area (Å²) >= 11 is 0. The molecule has 13 heteroatoms. The molecule has 0 aliphatic carbocycles. The van der Waals surface area contributed by atoms with E-state index in [4.69, 9.17) is 4.42 Å². The molecule has 0 spiro atoms. The number of alkyl halides is 2. The van der Waals surface area contributed by atoms with Gasteiger partial charge in [-0.25, -0.2) is 32.0 Å². The van der Waals surface area contributed by atoms with Crippen molar-refractivity contribution in [3.05, 3.63) is 76.0 Å². The van der Waals surface area contributed by atoms with Crippen LogP contribution in [0.4, 0.5) is 23.2 Å². The molecule has 0 saturated carbocycles. The Morgan fingerprint density at radius 1 is 1.12 bits per heavy atom. The largest absolute Gasteiger partial charge is 0.437 e. The first-order valence-corrected chi connectivity index (χ1v) is 8.89. The lowest BCUT2D eigenvalue weighted by atomic mass is 10.2. The Labute approximate surface area is 175 Å². The highest BCUT2D eigenvalue weighted by Gasteiger charge is 2.22. The molecule has 164 valence electrons. The molecule has 1 N–H and O–H groups in total. The van der Waals surface area contributed by atoms with Crippen LogP contribution in [0.3, 0.4) is 0 Å². The zero-order valence-electron chi connectivity index (χ0n) is 16.1. The predicted octanol–water partition coefficient (Wildman–Crippen LogP) is 3.09. The zero-order valence-corrected chi connectivity index (χ0v) is 16.1. The van der Waals surface area contributed by atoms with E-state index in [1.54, 1.807) is 0 Å². The molecule has 1 aromatic carbocycles. The minimum Gasteiger partial charge on any atom is -0.386 e. The molecule has 0 fully saturated rings. The third-order valence-corrected chi connectivity index (χ3v) is 4.27. The van der Waals surface area contributed by atoms with E-state index in [0.717, 1.165) is 39.8 Å². The summed E-state index contributed by atoms with van der Waals surface area (Å²) in [5, 5.41) is 9.88.